The van der Waals surface area contributed by atoms with Crippen LogP contribution in [0.4, 0.5) is 5.82 Å². The molecule has 0 saturated carbocycles. The van der Waals surface area contributed by atoms with Gasteiger partial charge in [-0.1, -0.05) is 19.1 Å². The highest BCUT2D eigenvalue weighted by atomic mass is 16.5. The molecule has 1 aromatic carbocycles. The molecule has 0 fully saturated rings. The van der Waals surface area contributed by atoms with Crippen LogP contribution in [-0.4, -0.2) is 23.1 Å². The molecule has 112 valence electrons. The fourth-order valence-corrected chi connectivity index (χ4v) is 1.75. The summed E-state index contributed by atoms with van der Waals surface area (Å²) in [4.78, 5) is 8.58. The number of ether oxygens (including phenoxy) is 2. The van der Waals surface area contributed by atoms with Gasteiger partial charge >= 0.3 is 0 Å². The van der Waals surface area contributed by atoms with E-state index in [1.54, 1.807) is 12.4 Å². The molecule has 1 N–H and O–H groups in total. The summed E-state index contributed by atoms with van der Waals surface area (Å²) in [6, 6.07) is 7.66. The van der Waals surface area contributed by atoms with Crippen LogP contribution < -0.4 is 14.8 Å². The van der Waals surface area contributed by atoms with Crippen LogP contribution in [0.2, 0.25) is 0 Å². The first kappa shape index (κ1) is 15.1. The normalized spacial score (nSPS) is 10.2. The van der Waals surface area contributed by atoms with Gasteiger partial charge < -0.3 is 14.8 Å². The number of anilines is 1. The fraction of sp³-hybridized carbons (Fsp3) is 0.375. The van der Waals surface area contributed by atoms with Crippen molar-refractivity contribution in [2.45, 2.75) is 26.9 Å². The van der Waals surface area contributed by atoms with Gasteiger partial charge in [-0.2, -0.15) is 0 Å². The minimum atomic E-state index is 0.367. The van der Waals surface area contributed by atoms with Crippen molar-refractivity contribution in [3.63, 3.8) is 0 Å². The lowest BCUT2D eigenvalue weighted by Gasteiger charge is -2.12. The molecule has 0 aliphatic carbocycles. The lowest BCUT2D eigenvalue weighted by molar-refractivity contribution is 0.259. The first-order valence-electron chi connectivity index (χ1n) is 7.23. The van der Waals surface area contributed by atoms with Crippen LogP contribution in [0.3, 0.4) is 0 Å². The standard InChI is InChI=1S/C16H21N3O2/c1-3-9-20-14-7-5-6-8-15(14)21-12-13-10-19-16(11-18-13)17-4-2/h5-8,10-11H,3-4,9,12H2,1-2H3,(H,17,19). The van der Waals surface area contributed by atoms with E-state index in [-0.39, 0.29) is 0 Å². The van der Waals surface area contributed by atoms with Gasteiger partial charge in [-0.3, -0.25) is 4.98 Å². The summed E-state index contributed by atoms with van der Waals surface area (Å²) in [7, 11) is 0. The molecule has 0 bridgehead atoms. The lowest BCUT2D eigenvalue weighted by Crippen LogP contribution is -2.04. The van der Waals surface area contributed by atoms with Crippen LogP contribution in [0.5, 0.6) is 11.5 Å². The molecule has 0 atom stereocenters. The second-order valence-electron chi connectivity index (χ2n) is 4.51. The first-order chi connectivity index (χ1) is 10.3. The average Bonchev–Trinajstić information content (AvgIpc) is 2.53. The van der Waals surface area contributed by atoms with E-state index in [1.165, 1.54) is 0 Å². The van der Waals surface area contributed by atoms with Crippen molar-refractivity contribution in [3.05, 3.63) is 42.4 Å². The van der Waals surface area contributed by atoms with Crippen molar-refractivity contribution in [1.82, 2.24) is 9.97 Å². The molecular weight excluding hydrogens is 266 g/mol. The molecule has 2 aromatic rings. The highest BCUT2D eigenvalue weighted by Gasteiger charge is 2.05. The predicted molar refractivity (Wildman–Crippen MR) is 82.8 cm³/mol. The maximum Gasteiger partial charge on any atom is 0.161 e. The number of hydrogen-bond donors (Lipinski definition) is 1. The minimum absolute atomic E-state index is 0.367. The van der Waals surface area contributed by atoms with Crippen molar-refractivity contribution in [2.24, 2.45) is 0 Å². The number of para-hydroxylation sites is 2. The van der Waals surface area contributed by atoms with Gasteiger partial charge in [0, 0.05) is 6.54 Å². The number of nitrogens with zero attached hydrogens (tertiary/aromatic N) is 2. The highest BCUT2D eigenvalue weighted by molar-refractivity contribution is 5.39. The zero-order chi connectivity index (χ0) is 14.9. The molecule has 1 aromatic heterocycles. The Kier molecular flexibility index (Phi) is 5.82. The SMILES string of the molecule is CCCOc1ccccc1OCc1cnc(NCC)cn1. The summed E-state index contributed by atoms with van der Waals surface area (Å²) in [5.41, 5.74) is 0.780. The Morgan fingerprint density at radius 2 is 1.76 bits per heavy atom. The molecular formula is C16H21N3O2. The van der Waals surface area contributed by atoms with Gasteiger partial charge in [0.1, 0.15) is 12.4 Å². The third-order valence-corrected chi connectivity index (χ3v) is 2.75. The lowest BCUT2D eigenvalue weighted by atomic mass is 10.3. The second-order valence-corrected chi connectivity index (χ2v) is 4.51. The summed E-state index contributed by atoms with van der Waals surface area (Å²) < 4.78 is 11.4. The number of rotatable bonds is 8. The van der Waals surface area contributed by atoms with Gasteiger partial charge in [0.2, 0.25) is 0 Å². The maximum absolute atomic E-state index is 5.77. The Labute approximate surface area is 125 Å². The first-order valence-corrected chi connectivity index (χ1v) is 7.23. The van der Waals surface area contributed by atoms with Crippen LogP contribution in [0.1, 0.15) is 26.0 Å². The van der Waals surface area contributed by atoms with E-state index >= 15 is 0 Å². The highest BCUT2D eigenvalue weighted by Crippen LogP contribution is 2.27. The quantitative estimate of drug-likeness (QED) is 0.807. The number of benzene rings is 1. The van der Waals surface area contributed by atoms with Crippen molar-refractivity contribution >= 4 is 5.82 Å². The molecule has 2 rings (SSSR count). The van der Waals surface area contributed by atoms with Gasteiger partial charge in [0.25, 0.3) is 0 Å². The maximum atomic E-state index is 5.77. The van der Waals surface area contributed by atoms with Crippen molar-refractivity contribution in [1.29, 1.82) is 0 Å². The van der Waals surface area contributed by atoms with E-state index in [0.29, 0.717) is 13.2 Å². The minimum Gasteiger partial charge on any atom is -0.490 e. The molecule has 0 unspecified atom stereocenters. The average molecular weight is 287 g/mol. The van der Waals surface area contributed by atoms with Crippen LogP contribution >= 0.6 is 0 Å². The van der Waals surface area contributed by atoms with Gasteiger partial charge in [-0.25, -0.2) is 4.98 Å². The number of nitrogens with one attached hydrogen (secondary N) is 1. The van der Waals surface area contributed by atoms with Crippen molar-refractivity contribution in [2.75, 3.05) is 18.5 Å². The van der Waals surface area contributed by atoms with E-state index in [0.717, 1.165) is 36.0 Å². The molecule has 0 saturated heterocycles. The van der Waals surface area contributed by atoms with E-state index < -0.39 is 0 Å². The Hall–Kier alpha value is -2.30. The molecule has 0 radical (unpaired) electrons. The smallest absolute Gasteiger partial charge is 0.161 e. The fourth-order valence-electron chi connectivity index (χ4n) is 1.75. The Bertz CT molecular complexity index is 543. The molecule has 0 aliphatic heterocycles. The molecule has 1 heterocycles. The van der Waals surface area contributed by atoms with Crippen molar-refractivity contribution < 1.29 is 9.47 Å². The molecule has 21 heavy (non-hydrogen) atoms. The van der Waals surface area contributed by atoms with Gasteiger partial charge in [-0.05, 0) is 25.5 Å². The zero-order valence-corrected chi connectivity index (χ0v) is 12.5. The monoisotopic (exact) mass is 287 g/mol. The van der Waals surface area contributed by atoms with Crippen LogP contribution in [0.25, 0.3) is 0 Å². The largest absolute Gasteiger partial charge is 0.490 e. The van der Waals surface area contributed by atoms with E-state index in [9.17, 15) is 0 Å². The summed E-state index contributed by atoms with van der Waals surface area (Å²) >= 11 is 0. The Balaban J connectivity index is 1.96. The summed E-state index contributed by atoms with van der Waals surface area (Å²) in [5, 5.41) is 3.11. The van der Waals surface area contributed by atoms with E-state index in [1.807, 2.05) is 31.2 Å². The predicted octanol–water partition coefficient (Wildman–Crippen LogP) is 3.28. The van der Waals surface area contributed by atoms with Crippen LogP contribution in [0.15, 0.2) is 36.7 Å². The van der Waals surface area contributed by atoms with Gasteiger partial charge in [0.15, 0.2) is 11.5 Å². The van der Waals surface area contributed by atoms with Gasteiger partial charge in [-0.15, -0.1) is 0 Å². The van der Waals surface area contributed by atoms with Gasteiger partial charge in [0.05, 0.1) is 24.7 Å². The second kappa shape index (κ2) is 8.09. The Morgan fingerprint density at radius 1 is 1.00 bits per heavy atom. The molecule has 5 nitrogen and oxygen atoms in total. The number of aromatic nitrogens is 2. The van der Waals surface area contributed by atoms with Crippen LogP contribution in [-0.2, 0) is 6.61 Å². The third-order valence-electron chi connectivity index (χ3n) is 2.75. The van der Waals surface area contributed by atoms with Crippen LogP contribution in [0, 0.1) is 0 Å². The number of hydrogen-bond acceptors (Lipinski definition) is 5. The van der Waals surface area contributed by atoms with E-state index in [4.69, 9.17) is 9.47 Å². The summed E-state index contributed by atoms with van der Waals surface area (Å²) in [6.07, 6.45) is 4.39. The summed E-state index contributed by atoms with van der Waals surface area (Å²) in [5.74, 6) is 2.26. The molecule has 0 spiro atoms. The molecule has 0 aliphatic rings. The topological polar surface area (TPSA) is 56.3 Å². The Morgan fingerprint density at radius 3 is 2.38 bits per heavy atom. The zero-order valence-electron chi connectivity index (χ0n) is 12.5. The molecule has 5 heteroatoms. The van der Waals surface area contributed by atoms with Crippen molar-refractivity contribution in [3.8, 4) is 11.5 Å². The molecule has 0 amide bonds. The van der Waals surface area contributed by atoms with E-state index in [2.05, 4.69) is 22.2 Å². The summed E-state index contributed by atoms with van der Waals surface area (Å²) in [6.45, 7) is 5.97. The third kappa shape index (κ3) is 4.63.